The van der Waals surface area contributed by atoms with Gasteiger partial charge in [0, 0.05) is 18.8 Å². The maximum Gasteiger partial charge on any atom is 0.387 e. The van der Waals surface area contributed by atoms with Crippen molar-refractivity contribution >= 4 is 34.1 Å². The number of aromatic nitrogens is 1. The number of aromatic carboxylic acids is 1. The van der Waals surface area contributed by atoms with Crippen LogP contribution in [-0.2, 0) is 4.84 Å². The van der Waals surface area contributed by atoms with Crippen LogP contribution in [0.25, 0.3) is 10.9 Å². The van der Waals surface area contributed by atoms with Crippen molar-refractivity contribution in [2.75, 3.05) is 24.6 Å². The minimum atomic E-state index is -3.38. The van der Waals surface area contributed by atoms with E-state index < -0.39 is 52.1 Å². The molecule has 1 aromatic carbocycles. The van der Waals surface area contributed by atoms with Gasteiger partial charge in [-0.05, 0) is 25.8 Å². The lowest BCUT2D eigenvalue weighted by atomic mass is 10.1. The summed E-state index contributed by atoms with van der Waals surface area (Å²) in [5, 5.41) is 25.1. The summed E-state index contributed by atoms with van der Waals surface area (Å²) in [6.45, 7) is -1.75. The highest BCUT2D eigenvalue weighted by atomic mass is 19.3. The second-order valence-electron chi connectivity index (χ2n) is 8.08. The fraction of sp³-hybridized carbons (Fsp3) is 0.429. The minimum absolute atomic E-state index is 0.120. The second-order valence-corrected chi connectivity index (χ2v) is 8.08. The monoisotopic (exact) mass is 497 g/mol. The highest BCUT2D eigenvalue weighted by Gasteiger charge is 2.38. The molecule has 1 aliphatic carbocycles. The van der Waals surface area contributed by atoms with Gasteiger partial charge >= 0.3 is 12.6 Å². The smallest absolute Gasteiger partial charge is 0.387 e. The number of ether oxygens (including phenoxy) is 1. The van der Waals surface area contributed by atoms with Crippen LogP contribution in [0.3, 0.4) is 0 Å². The van der Waals surface area contributed by atoms with Crippen LogP contribution >= 0.6 is 0 Å². The van der Waals surface area contributed by atoms with Crippen molar-refractivity contribution in [1.82, 2.24) is 4.57 Å². The quantitative estimate of drug-likeness (QED) is 0.218. The first kappa shape index (κ1) is 24.2. The number of amidine groups is 1. The highest BCUT2D eigenvalue weighted by molar-refractivity contribution is 6.10. The average molecular weight is 497 g/mol. The number of halogens is 3. The van der Waals surface area contributed by atoms with Crippen molar-refractivity contribution in [1.29, 1.82) is 0 Å². The van der Waals surface area contributed by atoms with Crippen molar-refractivity contribution in [3.05, 3.63) is 33.9 Å². The zero-order chi connectivity index (χ0) is 25.4. The number of oxime groups is 2. The lowest BCUT2D eigenvalue weighted by molar-refractivity contribution is -0.0488. The molecule has 0 amide bonds. The Morgan fingerprint density at radius 3 is 2.66 bits per heavy atom. The van der Waals surface area contributed by atoms with E-state index in [-0.39, 0.29) is 42.8 Å². The molecule has 188 valence electrons. The molecule has 0 bridgehead atoms. The molecule has 0 radical (unpaired) electrons. The van der Waals surface area contributed by atoms with E-state index in [4.69, 9.17) is 20.5 Å². The van der Waals surface area contributed by atoms with Gasteiger partial charge in [-0.3, -0.25) is 4.79 Å². The topological polar surface area (TPSA) is 152 Å². The SMILES string of the molecule is CCO/N=C1/CN(c2c(F)cc3c(=O)c(C(=O)O)cn(C4CC4)c3c2OC(F)F)CC1/C(N)=N\O. The average Bonchev–Trinajstić information content (AvgIpc) is 3.56. The van der Waals surface area contributed by atoms with Crippen LogP contribution in [0.5, 0.6) is 5.75 Å². The van der Waals surface area contributed by atoms with Gasteiger partial charge in [0.15, 0.2) is 11.6 Å². The van der Waals surface area contributed by atoms with Crippen LogP contribution in [0.2, 0.25) is 0 Å². The number of rotatable bonds is 8. The molecule has 1 aliphatic heterocycles. The summed E-state index contributed by atoms with van der Waals surface area (Å²) in [5.41, 5.74) is 3.83. The number of carbonyl (C=O) groups is 1. The van der Waals surface area contributed by atoms with Crippen LogP contribution in [0, 0.1) is 11.7 Å². The van der Waals surface area contributed by atoms with Crippen molar-refractivity contribution in [3.63, 3.8) is 0 Å². The Morgan fingerprint density at radius 2 is 2.09 bits per heavy atom. The molecule has 2 heterocycles. The molecule has 11 nitrogen and oxygen atoms in total. The van der Waals surface area contributed by atoms with Gasteiger partial charge < -0.3 is 35.1 Å². The lowest BCUT2D eigenvalue weighted by Gasteiger charge is -2.25. The second kappa shape index (κ2) is 9.35. The number of fused-ring (bicyclic) bond motifs is 1. The van der Waals surface area contributed by atoms with Crippen molar-refractivity contribution in [3.8, 4) is 5.75 Å². The summed E-state index contributed by atoms with van der Waals surface area (Å²) >= 11 is 0. The van der Waals surface area contributed by atoms with E-state index >= 15 is 4.39 Å². The molecule has 1 saturated carbocycles. The maximum atomic E-state index is 15.5. The van der Waals surface area contributed by atoms with E-state index in [1.807, 2.05) is 0 Å². The molecular weight excluding hydrogens is 475 g/mol. The third kappa shape index (κ3) is 4.42. The number of nitrogens with zero attached hydrogens (tertiary/aromatic N) is 4. The molecule has 1 unspecified atom stereocenters. The summed E-state index contributed by atoms with van der Waals surface area (Å²) in [6, 6.07) is 0.542. The molecule has 2 fully saturated rings. The van der Waals surface area contributed by atoms with Gasteiger partial charge in [-0.1, -0.05) is 10.3 Å². The van der Waals surface area contributed by atoms with Crippen LogP contribution in [-0.4, -0.2) is 58.7 Å². The van der Waals surface area contributed by atoms with E-state index in [1.165, 1.54) is 9.47 Å². The normalized spacial score (nSPS) is 19.7. The summed E-state index contributed by atoms with van der Waals surface area (Å²) in [7, 11) is 0. The Morgan fingerprint density at radius 1 is 1.37 bits per heavy atom. The van der Waals surface area contributed by atoms with Crippen LogP contribution in [0.1, 0.15) is 36.2 Å². The van der Waals surface area contributed by atoms with Crippen LogP contribution in [0.4, 0.5) is 18.9 Å². The van der Waals surface area contributed by atoms with E-state index in [1.54, 1.807) is 6.92 Å². The first-order chi connectivity index (χ1) is 16.7. The number of nitrogens with two attached hydrogens (primary N) is 1. The van der Waals surface area contributed by atoms with Gasteiger partial charge in [-0.2, -0.15) is 8.78 Å². The summed E-state index contributed by atoms with van der Waals surface area (Å²) < 4.78 is 48.7. The number of alkyl halides is 2. The number of anilines is 1. The third-order valence-electron chi connectivity index (χ3n) is 5.83. The van der Waals surface area contributed by atoms with Gasteiger partial charge in [0.2, 0.25) is 5.43 Å². The molecule has 2 aromatic rings. The van der Waals surface area contributed by atoms with Gasteiger partial charge in [-0.15, -0.1) is 0 Å². The Bertz CT molecular complexity index is 1290. The molecule has 0 spiro atoms. The molecule has 2 aliphatic rings. The molecule has 14 heteroatoms. The van der Waals surface area contributed by atoms with Crippen LogP contribution in [0.15, 0.2) is 27.4 Å². The van der Waals surface area contributed by atoms with Crippen LogP contribution < -0.4 is 20.8 Å². The Hall–Kier alpha value is -3.97. The number of benzene rings is 1. The molecule has 4 N–H and O–H groups in total. The fourth-order valence-corrected chi connectivity index (χ4v) is 4.17. The van der Waals surface area contributed by atoms with E-state index in [9.17, 15) is 23.5 Å². The standard InChI is InChI=1S/C21H22F3N5O6/c1-2-34-27-14-8-28(6-11(14)19(25)26-33)16-13(22)5-10-15(18(16)35-21(23)24)29(9-3-4-9)7-12(17(10)30)20(31)32/h5,7,9,11,21,33H,2-4,6,8H2,1H3,(H2,25,26)(H,31,32)/b27-14-. The number of carboxylic acids is 1. The fourth-order valence-electron chi connectivity index (χ4n) is 4.17. The number of pyridine rings is 1. The zero-order valence-electron chi connectivity index (χ0n) is 18.4. The van der Waals surface area contributed by atoms with E-state index in [2.05, 4.69) is 10.3 Å². The number of hydrogen-bond donors (Lipinski definition) is 3. The lowest BCUT2D eigenvalue weighted by Crippen LogP contribution is -2.31. The summed E-state index contributed by atoms with van der Waals surface area (Å²) in [4.78, 5) is 30.8. The van der Waals surface area contributed by atoms with E-state index in [0.717, 1.165) is 12.3 Å². The molecule has 4 rings (SSSR count). The van der Waals surface area contributed by atoms with Gasteiger partial charge in [0.05, 0.1) is 29.1 Å². The predicted octanol–water partition coefficient (Wildman–Crippen LogP) is 2.35. The zero-order valence-corrected chi connectivity index (χ0v) is 18.4. The van der Waals surface area contributed by atoms with Gasteiger partial charge in [-0.25, -0.2) is 9.18 Å². The highest BCUT2D eigenvalue weighted by Crippen LogP contribution is 2.45. The first-order valence-corrected chi connectivity index (χ1v) is 10.7. The Kier molecular flexibility index (Phi) is 6.45. The van der Waals surface area contributed by atoms with Crippen molar-refractivity contribution < 1.29 is 37.9 Å². The van der Waals surface area contributed by atoms with Crippen molar-refractivity contribution in [2.24, 2.45) is 22.0 Å². The maximum absolute atomic E-state index is 15.5. The Balaban J connectivity index is 1.97. The van der Waals surface area contributed by atoms with Gasteiger partial charge in [0.25, 0.3) is 0 Å². The van der Waals surface area contributed by atoms with Gasteiger partial charge in [0.1, 0.15) is 23.7 Å². The molecule has 35 heavy (non-hydrogen) atoms. The summed E-state index contributed by atoms with van der Waals surface area (Å²) in [6.07, 6.45) is 2.28. The minimum Gasteiger partial charge on any atom is -0.477 e. The largest absolute Gasteiger partial charge is 0.477 e. The molecule has 1 aromatic heterocycles. The molecular formula is C21H22F3N5O6. The van der Waals surface area contributed by atoms with Crippen molar-refractivity contribution in [2.45, 2.75) is 32.4 Å². The molecule has 1 saturated heterocycles. The Labute approximate surface area is 195 Å². The number of hydrogen-bond acceptors (Lipinski definition) is 8. The first-order valence-electron chi connectivity index (χ1n) is 10.7. The number of carboxylic acid groups (broad SMARTS) is 1. The van der Waals surface area contributed by atoms with E-state index in [0.29, 0.717) is 12.8 Å². The molecule has 1 atom stereocenters. The summed E-state index contributed by atoms with van der Waals surface area (Å²) in [5.74, 6) is -4.30. The predicted molar refractivity (Wildman–Crippen MR) is 118 cm³/mol. The third-order valence-corrected chi connectivity index (χ3v) is 5.83.